The first-order valence-electron chi connectivity index (χ1n) is 10.4. The maximum absolute atomic E-state index is 14.3. The van der Waals surface area contributed by atoms with E-state index < -0.39 is 72.2 Å². The van der Waals surface area contributed by atoms with Crippen molar-refractivity contribution < 1.29 is 48.2 Å². The molecule has 6 N–H and O–H groups in total. The highest BCUT2D eigenvalue weighted by atomic mass is 19.1. The van der Waals surface area contributed by atoms with Gasteiger partial charge in [0.1, 0.15) is 47.2 Å². The third-order valence-electron chi connectivity index (χ3n) is 5.73. The Morgan fingerprint density at radius 2 is 1.30 bits per heavy atom. The maximum Gasteiger partial charge on any atom is 0.129 e. The SMILES string of the molecule is CCCC(O)(Cc1ccc(F)cc1F)[C@@H](O)[C@@](O)(Cc1ccc(F)cc1F)[C@H](O)[C@@H](O)CO. The predicted octanol–water partition coefficient (Wildman–Crippen LogP) is 1.37. The van der Waals surface area contributed by atoms with Crippen LogP contribution in [0.3, 0.4) is 0 Å². The molecule has 0 saturated heterocycles. The van der Waals surface area contributed by atoms with E-state index in [0.29, 0.717) is 12.1 Å². The van der Waals surface area contributed by atoms with Crippen molar-refractivity contribution in [1.29, 1.82) is 0 Å². The summed E-state index contributed by atoms with van der Waals surface area (Å²) in [5.74, 6) is -3.96. The van der Waals surface area contributed by atoms with Crippen molar-refractivity contribution >= 4 is 0 Å². The van der Waals surface area contributed by atoms with E-state index in [1.807, 2.05) is 0 Å². The quantitative estimate of drug-likeness (QED) is 0.273. The van der Waals surface area contributed by atoms with Crippen molar-refractivity contribution in [3.8, 4) is 0 Å². The Bertz CT molecular complexity index is 945. The molecule has 1 unspecified atom stereocenters. The summed E-state index contributed by atoms with van der Waals surface area (Å²) in [5.41, 5.74) is -5.79. The lowest BCUT2D eigenvalue weighted by Gasteiger charge is -2.46. The van der Waals surface area contributed by atoms with Gasteiger partial charge < -0.3 is 30.6 Å². The minimum Gasteiger partial charge on any atom is -0.394 e. The first kappa shape index (κ1) is 27.2. The molecule has 184 valence electrons. The van der Waals surface area contributed by atoms with Crippen LogP contribution in [0.4, 0.5) is 17.6 Å². The summed E-state index contributed by atoms with van der Waals surface area (Å²) < 4.78 is 55.1. The summed E-state index contributed by atoms with van der Waals surface area (Å²) in [6, 6.07) is 4.85. The minimum atomic E-state index is -2.87. The van der Waals surface area contributed by atoms with Crippen molar-refractivity contribution in [2.75, 3.05) is 6.61 Å². The van der Waals surface area contributed by atoms with Gasteiger partial charge in [-0.1, -0.05) is 25.5 Å². The standard InChI is InChI=1S/C23H28F4O6/c1-2-7-22(32,10-13-3-5-15(24)8-17(13)26)21(31)23(33,20(30)19(29)12-28)11-14-4-6-16(25)9-18(14)27/h3-6,8-9,19-21,28-33H,2,7,10-12H2,1H3/t19-,20+,21+,22?,23+/m0/s1. The number of aliphatic hydroxyl groups is 6. The van der Waals surface area contributed by atoms with Crippen molar-refractivity contribution in [3.05, 3.63) is 70.8 Å². The third kappa shape index (κ3) is 6.08. The maximum atomic E-state index is 14.3. The van der Waals surface area contributed by atoms with Crippen molar-refractivity contribution in [2.45, 2.75) is 62.1 Å². The highest BCUT2D eigenvalue weighted by molar-refractivity contribution is 5.25. The highest BCUT2D eigenvalue weighted by Gasteiger charge is 2.54. The Labute approximate surface area is 188 Å². The summed E-state index contributed by atoms with van der Waals surface area (Å²) in [6.07, 6.45) is -8.22. The molecule has 0 spiro atoms. The van der Waals surface area contributed by atoms with Gasteiger partial charge in [-0.15, -0.1) is 0 Å². The van der Waals surface area contributed by atoms with Gasteiger partial charge >= 0.3 is 0 Å². The van der Waals surface area contributed by atoms with Crippen LogP contribution >= 0.6 is 0 Å². The van der Waals surface area contributed by atoms with Crippen LogP contribution in [-0.2, 0) is 12.8 Å². The third-order valence-corrected chi connectivity index (χ3v) is 5.73. The Hall–Kier alpha value is -2.08. The molecule has 0 aliphatic heterocycles. The molecule has 0 heterocycles. The number of aliphatic hydroxyl groups excluding tert-OH is 4. The van der Waals surface area contributed by atoms with Crippen LogP contribution in [0.15, 0.2) is 36.4 Å². The van der Waals surface area contributed by atoms with Crippen LogP contribution in [-0.4, -0.2) is 66.8 Å². The Morgan fingerprint density at radius 3 is 1.73 bits per heavy atom. The smallest absolute Gasteiger partial charge is 0.129 e. The van der Waals surface area contributed by atoms with Gasteiger partial charge in [0.2, 0.25) is 0 Å². The summed E-state index contributed by atoms with van der Waals surface area (Å²) in [5, 5.41) is 63.4. The first-order valence-corrected chi connectivity index (χ1v) is 10.4. The van der Waals surface area contributed by atoms with Gasteiger partial charge in [0.25, 0.3) is 0 Å². The van der Waals surface area contributed by atoms with Gasteiger partial charge in [-0.2, -0.15) is 0 Å². The fourth-order valence-corrected chi connectivity index (χ4v) is 3.98. The topological polar surface area (TPSA) is 121 Å². The van der Waals surface area contributed by atoms with Gasteiger partial charge in [-0.25, -0.2) is 17.6 Å². The Morgan fingerprint density at radius 1 is 0.818 bits per heavy atom. The molecule has 0 aliphatic rings. The Balaban J connectivity index is 2.55. The molecule has 0 aliphatic carbocycles. The van der Waals surface area contributed by atoms with Crippen LogP contribution in [0, 0.1) is 23.3 Å². The molecule has 33 heavy (non-hydrogen) atoms. The summed E-state index contributed by atoms with van der Waals surface area (Å²) in [7, 11) is 0. The van der Waals surface area contributed by atoms with E-state index in [9.17, 15) is 48.2 Å². The van der Waals surface area contributed by atoms with Gasteiger partial charge in [0, 0.05) is 25.0 Å². The molecule has 10 heteroatoms. The van der Waals surface area contributed by atoms with E-state index in [2.05, 4.69) is 0 Å². The average molecular weight is 476 g/mol. The molecule has 0 aromatic heterocycles. The predicted molar refractivity (Wildman–Crippen MR) is 110 cm³/mol. The largest absolute Gasteiger partial charge is 0.394 e. The van der Waals surface area contributed by atoms with Gasteiger partial charge in [0.05, 0.1) is 12.2 Å². The number of hydrogen-bond acceptors (Lipinski definition) is 6. The fourth-order valence-electron chi connectivity index (χ4n) is 3.98. The fraction of sp³-hybridized carbons (Fsp3) is 0.478. The van der Waals surface area contributed by atoms with Gasteiger partial charge in [-0.05, 0) is 29.7 Å². The van der Waals surface area contributed by atoms with E-state index in [4.69, 9.17) is 0 Å². The second-order valence-corrected chi connectivity index (χ2v) is 8.27. The van der Waals surface area contributed by atoms with Crippen LogP contribution in [0.5, 0.6) is 0 Å². The second kappa shape index (κ2) is 10.9. The first-order chi connectivity index (χ1) is 15.4. The van der Waals surface area contributed by atoms with Crippen LogP contribution in [0.2, 0.25) is 0 Å². The van der Waals surface area contributed by atoms with Crippen LogP contribution in [0.25, 0.3) is 0 Å². The highest BCUT2D eigenvalue weighted by Crippen LogP contribution is 2.36. The molecule has 2 aromatic rings. The van der Waals surface area contributed by atoms with Crippen LogP contribution < -0.4 is 0 Å². The lowest BCUT2D eigenvalue weighted by molar-refractivity contribution is -0.230. The lowest BCUT2D eigenvalue weighted by atomic mass is 9.71. The van der Waals surface area contributed by atoms with E-state index in [0.717, 1.165) is 24.3 Å². The molecule has 0 amide bonds. The molecule has 5 atom stereocenters. The monoisotopic (exact) mass is 476 g/mol. The van der Waals surface area contributed by atoms with E-state index >= 15 is 0 Å². The molecule has 2 rings (SSSR count). The summed E-state index contributed by atoms with van der Waals surface area (Å²) in [6.45, 7) is 0.553. The van der Waals surface area contributed by atoms with E-state index in [1.54, 1.807) is 6.92 Å². The van der Waals surface area contributed by atoms with Crippen molar-refractivity contribution in [3.63, 3.8) is 0 Å². The van der Waals surface area contributed by atoms with E-state index in [1.165, 1.54) is 0 Å². The van der Waals surface area contributed by atoms with Crippen LogP contribution in [0.1, 0.15) is 30.9 Å². The molecule has 0 radical (unpaired) electrons. The van der Waals surface area contributed by atoms with Crippen molar-refractivity contribution in [2.24, 2.45) is 0 Å². The van der Waals surface area contributed by atoms with Crippen molar-refractivity contribution in [1.82, 2.24) is 0 Å². The molecular formula is C23H28F4O6. The summed E-state index contributed by atoms with van der Waals surface area (Å²) >= 11 is 0. The molecule has 0 bridgehead atoms. The zero-order valence-corrected chi connectivity index (χ0v) is 17.9. The Kier molecular flexibility index (Phi) is 8.97. The zero-order valence-electron chi connectivity index (χ0n) is 17.9. The molecule has 0 saturated carbocycles. The molecule has 0 fully saturated rings. The van der Waals surface area contributed by atoms with Gasteiger partial charge in [-0.3, -0.25) is 0 Å². The molecule has 2 aromatic carbocycles. The second-order valence-electron chi connectivity index (χ2n) is 8.27. The van der Waals surface area contributed by atoms with Gasteiger partial charge in [0.15, 0.2) is 0 Å². The zero-order chi connectivity index (χ0) is 25.0. The number of rotatable bonds is 11. The molecular weight excluding hydrogens is 448 g/mol. The minimum absolute atomic E-state index is 0.204. The average Bonchev–Trinajstić information content (AvgIpc) is 2.76. The number of halogens is 4. The normalized spacial score (nSPS) is 18.3. The van der Waals surface area contributed by atoms with E-state index in [-0.39, 0.29) is 24.0 Å². The number of hydrogen-bond donors (Lipinski definition) is 6. The molecule has 6 nitrogen and oxygen atoms in total. The number of benzene rings is 2. The summed E-state index contributed by atoms with van der Waals surface area (Å²) in [4.78, 5) is 0. The lowest BCUT2D eigenvalue weighted by Crippen LogP contribution is -2.66.